The van der Waals surface area contributed by atoms with E-state index in [0.29, 0.717) is 0 Å². The van der Waals surface area contributed by atoms with Crippen molar-refractivity contribution in [2.24, 2.45) is 5.73 Å². The molecule has 2 N–H and O–H groups in total. The number of rotatable bonds is 2. The second-order valence-electron chi connectivity index (χ2n) is 4.07. The van der Waals surface area contributed by atoms with E-state index in [1.165, 1.54) is 5.92 Å². The Balaban J connectivity index is 0.000000256. The first-order chi connectivity index (χ1) is 8.88. The fraction of sp³-hybridized carbons (Fsp3) is 0.0588. The van der Waals surface area contributed by atoms with Crippen molar-refractivity contribution < 1.29 is 17.1 Å². The van der Waals surface area contributed by atoms with Crippen molar-refractivity contribution in [2.45, 2.75) is 6.04 Å². The van der Waals surface area contributed by atoms with E-state index < -0.39 is 0 Å². The summed E-state index contributed by atoms with van der Waals surface area (Å²) < 4.78 is 0. The van der Waals surface area contributed by atoms with Crippen molar-refractivity contribution >= 4 is 0 Å². The topological polar surface area (TPSA) is 26.0 Å². The molecular formula is C17H17FeN+2. The zero-order valence-electron chi connectivity index (χ0n) is 10.6. The van der Waals surface area contributed by atoms with E-state index in [2.05, 4.69) is 25.0 Å². The van der Waals surface area contributed by atoms with E-state index in [9.17, 15) is 0 Å². The molecule has 1 nitrogen and oxygen atoms in total. The zero-order chi connectivity index (χ0) is 12.6. The maximum atomic E-state index is 6.06. The molecule has 3 rings (SSSR count). The second-order valence-corrected chi connectivity index (χ2v) is 4.07. The molecule has 10 radical (unpaired) electrons. The van der Waals surface area contributed by atoms with Gasteiger partial charge in [-0.25, -0.2) is 0 Å². The quantitative estimate of drug-likeness (QED) is 0.832. The van der Waals surface area contributed by atoms with Crippen LogP contribution in [0.1, 0.15) is 11.6 Å². The molecule has 1 aromatic rings. The van der Waals surface area contributed by atoms with E-state index in [4.69, 9.17) is 5.73 Å². The van der Waals surface area contributed by atoms with Crippen LogP contribution in [0, 0.1) is 63.7 Å². The summed E-state index contributed by atoms with van der Waals surface area (Å²) in [5.41, 5.74) is 7.22. The largest absolute Gasteiger partial charge is 2.00 e. The van der Waals surface area contributed by atoms with Gasteiger partial charge in [0.25, 0.3) is 0 Å². The van der Waals surface area contributed by atoms with Crippen molar-refractivity contribution in [3.05, 3.63) is 99.6 Å². The summed E-state index contributed by atoms with van der Waals surface area (Å²) in [6, 6.07) is 10.1. The first-order valence-electron chi connectivity index (χ1n) is 6.07. The normalized spacial score (nSPS) is 20.3. The molecule has 0 amide bonds. The van der Waals surface area contributed by atoms with Crippen molar-refractivity contribution in [3.63, 3.8) is 0 Å². The molecule has 0 bridgehead atoms. The first-order valence-corrected chi connectivity index (χ1v) is 6.07. The molecule has 2 fully saturated rings. The van der Waals surface area contributed by atoms with Crippen LogP contribution in [0.4, 0.5) is 0 Å². The Hall–Kier alpha value is -0.301. The SMILES string of the molecule is N[C@H]([C]1[CH][CH][CH][CH]1)c1ccccc1.[CH]1[CH][CH][CH][CH]1.[Fe+2]. The van der Waals surface area contributed by atoms with Gasteiger partial charge in [0.15, 0.2) is 0 Å². The zero-order valence-corrected chi connectivity index (χ0v) is 11.7. The Morgan fingerprint density at radius 3 is 1.63 bits per heavy atom. The number of nitrogens with two attached hydrogens (primary N) is 1. The van der Waals surface area contributed by atoms with Gasteiger partial charge in [-0.05, 0) is 63.4 Å². The average Bonchev–Trinajstić information content (AvgIpc) is 3.14. The van der Waals surface area contributed by atoms with Crippen LogP contribution in [0.5, 0.6) is 0 Å². The predicted molar refractivity (Wildman–Crippen MR) is 75.3 cm³/mol. The van der Waals surface area contributed by atoms with Gasteiger partial charge in [0.1, 0.15) is 0 Å². The van der Waals surface area contributed by atoms with Gasteiger partial charge in [0.05, 0.1) is 0 Å². The van der Waals surface area contributed by atoms with E-state index in [1.807, 2.05) is 63.1 Å². The number of benzene rings is 1. The van der Waals surface area contributed by atoms with Crippen molar-refractivity contribution in [1.29, 1.82) is 0 Å². The van der Waals surface area contributed by atoms with Gasteiger partial charge >= 0.3 is 17.1 Å². The summed E-state index contributed by atoms with van der Waals surface area (Å²) in [6.07, 6.45) is 18.1. The number of hydrogen-bond acceptors (Lipinski definition) is 1. The van der Waals surface area contributed by atoms with Gasteiger partial charge in [-0.15, -0.1) is 0 Å². The monoisotopic (exact) mass is 291 g/mol. The molecule has 0 saturated heterocycles. The van der Waals surface area contributed by atoms with Crippen LogP contribution < -0.4 is 5.73 Å². The minimum atomic E-state index is 0. The third-order valence-corrected chi connectivity index (χ3v) is 2.76. The average molecular weight is 291 g/mol. The summed E-state index contributed by atoms with van der Waals surface area (Å²) in [6.45, 7) is 0. The second kappa shape index (κ2) is 9.58. The molecule has 2 heteroatoms. The molecule has 0 heterocycles. The Morgan fingerprint density at radius 2 is 1.16 bits per heavy atom. The van der Waals surface area contributed by atoms with Gasteiger partial charge in [0, 0.05) is 12.0 Å². The minimum Gasteiger partial charge on any atom is -0.323 e. The fourth-order valence-corrected chi connectivity index (χ4v) is 1.77. The summed E-state index contributed by atoms with van der Waals surface area (Å²) in [5, 5.41) is 0. The van der Waals surface area contributed by atoms with Crippen LogP contribution in [0.3, 0.4) is 0 Å². The molecule has 2 aliphatic carbocycles. The van der Waals surface area contributed by atoms with E-state index in [-0.39, 0.29) is 23.1 Å². The first kappa shape index (κ1) is 16.8. The maximum Gasteiger partial charge on any atom is 2.00 e. The van der Waals surface area contributed by atoms with Crippen LogP contribution in [0.2, 0.25) is 0 Å². The molecule has 19 heavy (non-hydrogen) atoms. The van der Waals surface area contributed by atoms with Crippen LogP contribution in [-0.2, 0) is 17.1 Å². The molecule has 0 aliphatic heterocycles. The molecule has 2 saturated carbocycles. The standard InChI is InChI=1S/C12H12N.C5H5.Fe/c13-12(11-8-4-5-9-11)10-6-2-1-3-7-10;1-2-4-5-3-1;/h1-9,12H,13H2;1-5H;/q;;+2/t12-;;/m0../s1. The molecule has 0 unspecified atom stereocenters. The Morgan fingerprint density at radius 1 is 0.684 bits per heavy atom. The van der Waals surface area contributed by atoms with Gasteiger partial charge in [-0.2, -0.15) is 0 Å². The van der Waals surface area contributed by atoms with E-state index in [1.54, 1.807) is 0 Å². The minimum absolute atomic E-state index is 0. The van der Waals surface area contributed by atoms with Gasteiger partial charge in [0.2, 0.25) is 0 Å². The van der Waals surface area contributed by atoms with Gasteiger partial charge in [-0.1, -0.05) is 30.3 Å². The molecule has 1 atom stereocenters. The van der Waals surface area contributed by atoms with Gasteiger partial charge in [-0.3, -0.25) is 0 Å². The maximum absolute atomic E-state index is 6.06. The molecule has 1 aromatic carbocycles. The summed E-state index contributed by atoms with van der Waals surface area (Å²) in [7, 11) is 0. The van der Waals surface area contributed by atoms with Crippen LogP contribution in [0.25, 0.3) is 0 Å². The predicted octanol–water partition coefficient (Wildman–Crippen LogP) is 3.11. The smallest absolute Gasteiger partial charge is 0.323 e. The number of hydrogen-bond donors (Lipinski definition) is 1. The summed E-state index contributed by atoms with van der Waals surface area (Å²) in [4.78, 5) is 0. The van der Waals surface area contributed by atoms with Crippen molar-refractivity contribution in [3.8, 4) is 0 Å². The van der Waals surface area contributed by atoms with Crippen LogP contribution in [-0.4, -0.2) is 0 Å². The van der Waals surface area contributed by atoms with Gasteiger partial charge < -0.3 is 5.73 Å². The molecular weight excluding hydrogens is 274 g/mol. The summed E-state index contributed by atoms with van der Waals surface area (Å²) in [5.74, 6) is 1.17. The molecule has 0 aromatic heterocycles. The van der Waals surface area contributed by atoms with Crippen LogP contribution in [0.15, 0.2) is 30.3 Å². The summed E-state index contributed by atoms with van der Waals surface area (Å²) >= 11 is 0. The molecule has 2 aliphatic rings. The molecule has 96 valence electrons. The van der Waals surface area contributed by atoms with Crippen molar-refractivity contribution in [2.75, 3.05) is 0 Å². The third-order valence-electron chi connectivity index (χ3n) is 2.76. The van der Waals surface area contributed by atoms with Crippen LogP contribution >= 0.6 is 0 Å². The van der Waals surface area contributed by atoms with E-state index in [0.717, 1.165) is 5.56 Å². The Bertz CT molecular complexity index is 308. The van der Waals surface area contributed by atoms with Crippen molar-refractivity contribution in [1.82, 2.24) is 0 Å². The Kier molecular flexibility index (Phi) is 8.45. The fourth-order valence-electron chi connectivity index (χ4n) is 1.77. The Labute approximate surface area is 128 Å². The van der Waals surface area contributed by atoms with E-state index >= 15 is 0 Å². The molecule has 0 spiro atoms. The third kappa shape index (κ3) is 5.69.